The van der Waals surface area contributed by atoms with Crippen molar-refractivity contribution < 1.29 is 0 Å². The van der Waals surface area contributed by atoms with Crippen molar-refractivity contribution in [1.82, 2.24) is 19.7 Å². The van der Waals surface area contributed by atoms with Crippen LogP contribution < -0.4 is 10.2 Å². The summed E-state index contributed by atoms with van der Waals surface area (Å²) < 4.78 is 1.81. The Balaban J connectivity index is 1.88. The Labute approximate surface area is 156 Å². The van der Waals surface area contributed by atoms with Crippen LogP contribution in [0.1, 0.15) is 0 Å². The van der Waals surface area contributed by atoms with Crippen LogP contribution in [0.5, 0.6) is 0 Å². The summed E-state index contributed by atoms with van der Waals surface area (Å²) in [6.45, 7) is 0. The summed E-state index contributed by atoms with van der Waals surface area (Å²) in [5, 5.41) is 9.34. The highest BCUT2D eigenvalue weighted by molar-refractivity contribution is 6.30. The lowest BCUT2D eigenvalue weighted by atomic mass is 10.3. The van der Waals surface area contributed by atoms with Gasteiger partial charge in [0, 0.05) is 24.8 Å². The van der Waals surface area contributed by atoms with Gasteiger partial charge in [0.15, 0.2) is 5.65 Å². The molecule has 0 aliphatic rings. The molecule has 2 heterocycles. The second kappa shape index (κ2) is 6.65. The summed E-state index contributed by atoms with van der Waals surface area (Å²) >= 11 is 6.10. The summed E-state index contributed by atoms with van der Waals surface area (Å²) in [6.07, 6.45) is 1.77. The van der Waals surface area contributed by atoms with Crippen LogP contribution in [-0.2, 0) is 0 Å². The lowest BCUT2D eigenvalue weighted by molar-refractivity contribution is 0.890. The van der Waals surface area contributed by atoms with Crippen molar-refractivity contribution in [2.24, 2.45) is 0 Å². The number of anilines is 3. The lowest BCUT2D eigenvalue weighted by Gasteiger charge is -2.14. The van der Waals surface area contributed by atoms with Crippen LogP contribution in [0.4, 0.5) is 17.5 Å². The van der Waals surface area contributed by atoms with E-state index in [1.165, 1.54) is 0 Å². The van der Waals surface area contributed by atoms with Crippen LogP contribution >= 0.6 is 11.6 Å². The molecular formula is C19H17ClN6. The molecule has 0 spiro atoms. The number of fused-ring (bicyclic) bond motifs is 1. The fourth-order valence-electron chi connectivity index (χ4n) is 2.65. The van der Waals surface area contributed by atoms with Crippen molar-refractivity contribution in [3.63, 3.8) is 0 Å². The minimum absolute atomic E-state index is 0.597. The first-order valence-corrected chi connectivity index (χ1v) is 8.51. The van der Waals surface area contributed by atoms with Gasteiger partial charge < -0.3 is 10.2 Å². The molecule has 1 N–H and O–H groups in total. The smallest absolute Gasteiger partial charge is 0.228 e. The molecular weight excluding hydrogens is 348 g/mol. The zero-order chi connectivity index (χ0) is 18.1. The van der Waals surface area contributed by atoms with Gasteiger partial charge in [-0.25, -0.2) is 4.68 Å². The van der Waals surface area contributed by atoms with Gasteiger partial charge in [-0.15, -0.1) is 0 Å². The van der Waals surface area contributed by atoms with E-state index in [0.29, 0.717) is 16.8 Å². The average Bonchev–Trinajstić information content (AvgIpc) is 3.07. The van der Waals surface area contributed by atoms with Crippen LogP contribution in [0.25, 0.3) is 16.7 Å². The highest BCUT2D eigenvalue weighted by Crippen LogP contribution is 2.28. The molecule has 0 aliphatic carbocycles. The number of nitrogens with one attached hydrogen (secondary N) is 1. The van der Waals surface area contributed by atoms with Crippen LogP contribution in [0, 0.1) is 0 Å². The van der Waals surface area contributed by atoms with Gasteiger partial charge in [-0.2, -0.15) is 15.1 Å². The maximum atomic E-state index is 6.10. The number of hydrogen-bond acceptors (Lipinski definition) is 5. The average molecular weight is 365 g/mol. The van der Waals surface area contributed by atoms with Gasteiger partial charge >= 0.3 is 0 Å². The van der Waals surface area contributed by atoms with E-state index in [1.54, 1.807) is 6.20 Å². The topological polar surface area (TPSA) is 58.9 Å². The summed E-state index contributed by atoms with van der Waals surface area (Å²) in [5.74, 6) is 1.28. The Hall–Kier alpha value is -3.12. The Kier molecular flexibility index (Phi) is 4.18. The molecule has 4 rings (SSSR count). The van der Waals surface area contributed by atoms with E-state index in [0.717, 1.165) is 22.4 Å². The van der Waals surface area contributed by atoms with Gasteiger partial charge in [-0.05, 0) is 30.3 Å². The predicted octanol–water partition coefficient (Wildman–Crippen LogP) is 4.28. The largest absolute Gasteiger partial charge is 0.347 e. The molecule has 0 unspecified atom stereocenters. The number of benzene rings is 2. The summed E-state index contributed by atoms with van der Waals surface area (Å²) in [4.78, 5) is 11.2. The third-order valence-electron chi connectivity index (χ3n) is 3.90. The van der Waals surface area contributed by atoms with E-state index in [4.69, 9.17) is 11.6 Å². The van der Waals surface area contributed by atoms with Crippen molar-refractivity contribution in [1.29, 1.82) is 0 Å². The molecule has 0 saturated carbocycles. The molecule has 2 aromatic heterocycles. The van der Waals surface area contributed by atoms with E-state index >= 15 is 0 Å². The lowest BCUT2D eigenvalue weighted by Crippen LogP contribution is -2.14. The van der Waals surface area contributed by atoms with E-state index in [-0.39, 0.29) is 0 Å². The quantitative estimate of drug-likeness (QED) is 0.585. The van der Waals surface area contributed by atoms with E-state index < -0.39 is 0 Å². The Morgan fingerprint density at radius 3 is 2.54 bits per heavy atom. The molecule has 7 heteroatoms. The standard InChI is InChI=1S/C19H17ClN6/c1-25(2)19-23-17(22-14-8-6-7-13(20)11-14)16-12-21-26(18(16)24-19)15-9-4-3-5-10-15/h3-12H,1-2H3,(H,22,23,24). The number of halogens is 1. The molecule has 0 fully saturated rings. The molecule has 0 saturated heterocycles. The minimum Gasteiger partial charge on any atom is -0.347 e. The highest BCUT2D eigenvalue weighted by Gasteiger charge is 2.15. The SMILES string of the molecule is CN(C)c1nc(Nc2cccc(Cl)c2)c2cnn(-c3ccccc3)c2n1. The van der Waals surface area contributed by atoms with Crippen LogP contribution in [0.3, 0.4) is 0 Å². The maximum absolute atomic E-state index is 6.10. The van der Waals surface area contributed by atoms with Crippen molar-refractivity contribution in [3.05, 3.63) is 65.8 Å². The summed E-state index contributed by atoms with van der Waals surface area (Å²) in [6, 6.07) is 17.4. The molecule has 0 aliphatic heterocycles. The first-order valence-electron chi connectivity index (χ1n) is 8.13. The van der Waals surface area contributed by atoms with Gasteiger partial charge in [0.25, 0.3) is 0 Å². The predicted molar refractivity (Wildman–Crippen MR) is 106 cm³/mol. The fourth-order valence-corrected chi connectivity index (χ4v) is 2.84. The van der Waals surface area contributed by atoms with Crippen molar-refractivity contribution in [3.8, 4) is 5.69 Å². The Morgan fingerprint density at radius 1 is 1.00 bits per heavy atom. The second-order valence-electron chi connectivity index (χ2n) is 6.03. The number of nitrogens with zero attached hydrogens (tertiary/aromatic N) is 5. The molecule has 0 amide bonds. The van der Waals surface area contributed by atoms with Crippen LogP contribution in [0.2, 0.25) is 5.02 Å². The molecule has 2 aromatic carbocycles. The van der Waals surface area contributed by atoms with E-state index in [1.807, 2.05) is 78.3 Å². The van der Waals surface area contributed by atoms with Gasteiger partial charge in [0.2, 0.25) is 5.95 Å². The highest BCUT2D eigenvalue weighted by atomic mass is 35.5. The summed E-state index contributed by atoms with van der Waals surface area (Å²) in [5.41, 5.74) is 2.54. The van der Waals surface area contributed by atoms with E-state index in [9.17, 15) is 0 Å². The monoisotopic (exact) mass is 364 g/mol. The van der Waals surface area contributed by atoms with Crippen LogP contribution in [-0.4, -0.2) is 33.8 Å². The zero-order valence-corrected chi connectivity index (χ0v) is 15.1. The van der Waals surface area contributed by atoms with Gasteiger partial charge in [-0.1, -0.05) is 35.9 Å². The molecule has 0 bridgehead atoms. The van der Waals surface area contributed by atoms with Crippen molar-refractivity contribution >= 4 is 40.1 Å². The third kappa shape index (κ3) is 3.07. The summed E-state index contributed by atoms with van der Waals surface area (Å²) in [7, 11) is 3.82. The van der Waals surface area contributed by atoms with Gasteiger partial charge in [-0.3, -0.25) is 0 Å². The molecule has 0 atom stereocenters. The maximum Gasteiger partial charge on any atom is 0.228 e. The molecule has 26 heavy (non-hydrogen) atoms. The number of para-hydroxylation sites is 1. The Morgan fingerprint density at radius 2 is 1.81 bits per heavy atom. The normalized spacial score (nSPS) is 10.9. The van der Waals surface area contributed by atoms with Gasteiger partial charge in [0.1, 0.15) is 5.82 Å². The van der Waals surface area contributed by atoms with Crippen molar-refractivity contribution in [2.45, 2.75) is 0 Å². The first kappa shape index (κ1) is 16.4. The fraction of sp³-hybridized carbons (Fsp3) is 0.105. The molecule has 4 aromatic rings. The van der Waals surface area contributed by atoms with Crippen molar-refractivity contribution in [2.75, 3.05) is 24.3 Å². The molecule has 6 nitrogen and oxygen atoms in total. The number of hydrogen-bond donors (Lipinski definition) is 1. The minimum atomic E-state index is 0.597. The molecule has 130 valence electrons. The third-order valence-corrected chi connectivity index (χ3v) is 4.14. The Bertz CT molecular complexity index is 1060. The number of rotatable bonds is 4. The second-order valence-corrected chi connectivity index (χ2v) is 6.47. The van der Waals surface area contributed by atoms with Crippen LogP contribution in [0.15, 0.2) is 60.8 Å². The number of aromatic nitrogens is 4. The first-order chi connectivity index (χ1) is 12.6. The van der Waals surface area contributed by atoms with Gasteiger partial charge in [0.05, 0.1) is 17.3 Å². The van der Waals surface area contributed by atoms with E-state index in [2.05, 4.69) is 20.4 Å². The zero-order valence-electron chi connectivity index (χ0n) is 14.4. The molecule has 0 radical (unpaired) electrons.